The van der Waals surface area contributed by atoms with Crippen LogP contribution in [-0.2, 0) is 0 Å². The van der Waals surface area contributed by atoms with E-state index in [1.54, 1.807) is 0 Å². The van der Waals surface area contributed by atoms with Gasteiger partial charge in [-0.1, -0.05) is 0 Å². The van der Waals surface area contributed by atoms with Gasteiger partial charge in [0, 0.05) is 19.5 Å². The number of amidine groups is 1. The first kappa shape index (κ1) is 9.00. The van der Waals surface area contributed by atoms with Crippen LogP contribution in [0.15, 0.2) is 0 Å². The van der Waals surface area contributed by atoms with Crippen LogP contribution in [0.3, 0.4) is 0 Å². The van der Waals surface area contributed by atoms with Crippen LogP contribution >= 0.6 is 0 Å². The first-order chi connectivity index (χ1) is 6.20. The predicted octanol–water partition coefficient (Wildman–Crippen LogP) is 1.19. The maximum atomic E-state index is 7.18. The van der Waals surface area contributed by atoms with Crippen LogP contribution in [0, 0.1) is 10.8 Å². The van der Waals surface area contributed by atoms with E-state index in [0.717, 1.165) is 13.0 Å². The van der Waals surface area contributed by atoms with Gasteiger partial charge in [-0.05, 0) is 37.6 Å². The molecule has 2 fully saturated rings. The van der Waals surface area contributed by atoms with Gasteiger partial charge in [-0.2, -0.15) is 0 Å². The van der Waals surface area contributed by atoms with Crippen LogP contribution in [0.1, 0.15) is 32.1 Å². The van der Waals surface area contributed by atoms with Gasteiger partial charge >= 0.3 is 0 Å². The third-order valence-electron chi connectivity index (χ3n) is 3.39. The molecule has 0 unspecified atom stereocenters. The van der Waals surface area contributed by atoms with Gasteiger partial charge < -0.3 is 10.6 Å². The summed E-state index contributed by atoms with van der Waals surface area (Å²) in [6.45, 7) is 3.48. The highest BCUT2D eigenvalue weighted by Crippen LogP contribution is 2.51. The zero-order valence-electron chi connectivity index (χ0n) is 8.18. The van der Waals surface area contributed by atoms with Crippen LogP contribution in [-0.4, -0.2) is 30.4 Å². The molecule has 0 amide bonds. The number of hydrogen-bond donors (Lipinski definition) is 2. The molecule has 1 saturated heterocycles. The van der Waals surface area contributed by atoms with Gasteiger partial charge in [0.15, 0.2) is 0 Å². The summed E-state index contributed by atoms with van der Waals surface area (Å²) < 4.78 is 0. The fraction of sp³-hybridized carbons (Fsp3) is 0.900. The Morgan fingerprint density at radius 3 is 2.77 bits per heavy atom. The highest BCUT2D eigenvalue weighted by atomic mass is 15.1. The maximum Gasteiger partial charge on any atom is 0.0918 e. The minimum absolute atomic E-state index is 0.329. The molecule has 13 heavy (non-hydrogen) atoms. The Labute approximate surface area is 79.8 Å². The largest absolute Gasteiger partial charge is 0.388 e. The smallest absolute Gasteiger partial charge is 0.0918 e. The van der Waals surface area contributed by atoms with Gasteiger partial charge in [-0.3, -0.25) is 5.41 Å². The Balaban J connectivity index is 1.76. The van der Waals surface area contributed by atoms with E-state index in [2.05, 4.69) is 4.90 Å². The number of hydrogen-bond acceptors (Lipinski definition) is 2. The Bertz CT molecular complexity index is 208. The fourth-order valence-electron chi connectivity index (χ4n) is 2.36. The normalized spacial score (nSPS) is 26.2. The van der Waals surface area contributed by atoms with Gasteiger partial charge in [-0.25, -0.2) is 0 Å². The third kappa shape index (κ3) is 2.21. The van der Waals surface area contributed by atoms with Crippen molar-refractivity contribution in [2.75, 3.05) is 19.6 Å². The molecule has 2 rings (SSSR count). The molecule has 0 atom stereocenters. The van der Waals surface area contributed by atoms with E-state index in [-0.39, 0.29) is 0 Å². The molecular weight excluding hydrogens is 162 g/mol. The standard InChI is InChI=1S/C10H19N3/c11-9(12)2-7-13-6-1-3-10(8-13)4-5-10/h1-8H2,(H3,11,12). The summed E-state index contributed by atoms with van der Waals surface area (Å²) in [6.07, 6.45) is 6.39. The third-order valence-corrected chi connectivity index (χ3v) is 3.39. The zero-order chi connectivity index (χ0) is 9.31. The number of nitrogens with zero attached hydrogens (tertiary/aromatic N) is 1. The molecule has 3 heteroatoms. The summed E-state index contributed by atoms with van der Waals surface area (Å²) in [7, 11) is 0. The molecule has 1 spiro atoms. The van der Waals surface area contributed by atoms with E-state index in [0.29, 0.717) is 11.3 Å². The number of nitrogens with two attached hydrogens (primary N) is 1. The van der Waals surface area contributed by atoms with Crippen molar-refractivity contribution in [1.82, 2.24) is 4.90 Å². The SMILES string of the molecule is N=C(N)CCN1CCCC2(CC2)C1. The molecule has 0 radical (unpaired) electrons. The molecule has 2 aliphatic rings. The summed E-state index contributed by atoms with van der Waals surface area (Å²) in [5, 5.41) is 7.18. The Morgan fingerprint density at radius 1 is 1.38 bits per heavy atom. The molecule has 3 N–H and O–H groups in total. The predicted molar refractivity (Wildman–Crippen MR) is 53.9 cm³/mol. The van der Waals surface area contributed by atoms with E-state index >= 15 is 0 Å². The number of likely N-dealkylation sites (tertiary alicyclic amines) is 1. The second-order valence-corrected chi connectivity index (χ2v) is 4.65. The van der Waals surface area contributed by atoms with Crippen LogP contribution in [0.4, 0.5) is 0 Å². The minimum atomic E-state index is 0.329. The summed E-state index contributed by atoms with van der Waals surface area (Å²) in [5.74, 6) is 0.329. The molecule has 3 nitrogen and oxygen atoms in total. The minimum Gasteiger partial charge on any atom is -0.388 e. The van der Waals surface area contributed by atoms with E-state index < -0.39 is 0 Å². The lowest BCUT2D eigenvalue weighted by Crippen LogP contribution is -2.38. The van der Waals surface area contributed by atoms with E-state index in [9.17, 15) is 0 Å². The first-order valence-corrected chi connectivity index (χ1v) is 5.26. The molecule has 74 valence electrons. The van der Waals surface area contributed by atoms with Crippen LogP contribution < -0.4 is 5.73 Å². The van der Waals surface area contributed by atoms with Gasteiger partial charge in [-0.15, -0.1) is 0 Å². The first-order valence-electron chi connectivity index (χ1n) is 5.26. The van der Waals surface area contributed by atoms with Crippen molar-refractivity contribution in [3.05, 3.63) is 0 Å². The molecule has 0 aromatic rings. The molecule has 1 saturated carbocycles. The second-order valence-electron chi connectivity index (χ2n) is 4.65. The monoisotopic (exact) mass is 181 g/mol. The highest BCUT2D eigenvalue weighted by molar-refractivity contribution is 5.76. The molecule has 0 aromatic carbocycles. The second kappa shape index (κ2) is 3.29. The van der Waals surface area contributed by atoms with Gasteiger partial charge in [0.25, 0.3) is 0 Å². The molecule has 1 aliphatic heterocycles. The molecule has 0 bridgehead atoms. The Kier molecular flexibility index (Phi) is 2.28. The summed E-state index contributed by atoms with van der Waals surface area (Å²) >= 11 is 0. The highest BCUT2D eigenvalue weighted by Gasteiger charge is 2.44. The van der Waals surface area contributed by atoms with E-state index in [1.165, 1.54) is 38.8 Å². The number of nitrogens with one attached hydrogen (secondary N) is 1. The number of piperidine rings is 1. The van der Waals surface area contributed by atoms with Crippen molar-refractivity contribution in [3.8, 4) is 0 Å². The van der Waals surface area contributed by atoms with Gasteiger partial charge in [0.1, 0.15) is 0 Å². The Hall–Kier alpha value is -0.570. The average molecular weight is 181 g/mol. The molecular formula is C10H19N3. The van der Waals surface area contributed by atoms with Crippen LogP contribution in [0.25, 0.3) is 0 Å². The van der Waals surface area contributed by atoms with Gasteiger partial charge in [0.05, 0.1) is 5.84 Å². The van der Waals surface area contributed by atoms with Crippen molar-refractivity contribution in [2.45, 2.75) is 32.1 Å². The molecule has 1 heterocycles. The topological polar surface area (TPSA) is 53.1 Å². The molecule has 1 aliphatic carbocycles. The lowest BCUT2D eigenvalue weighted by molar-refractivity contribution is 0.165. The Morgan fingerprint density at radius 2 is 2.15 bits per heavy atom. The van der Waals surface area contributed by atoms with Crippen molar-refractivity contribution >= 4 is 5.84 Å². The van der Waals surface area contributed by atoms with Crippen molar-refractivity contribution in [2.24, 2.45) is 11.1 Å². The fourth-order valence-corrected chi connectivity index (χ4v) is 2.36. The lowest BCUT2D eigenvalue weighted by atomic mass is 9.95. The molecule has 0 aromatic heterocycles. The van der Waals surface area contributed by atoms with Crippen LogP contribution in [0.2, 0.25) is 0 Å². The summed E-state index contributed by atoms with van der Waals surface area (Å²) in [6, 6.07) is 0. The summed E-state index contributed by atoms with van der Waals surface area (Å²) in [5.41, 5.74) is 6.05. The van der Waals surface area contributed by atoms with Gasteiger partial charge in [0.2, 0.25) is 0 Å². The average Bonchev–Trinajstić information content (AvgIpc) is 2.82. The van der Waals surface area contributed by atoms with E-state index in [4.69, 9.17) is 11.1 Å². The van der Waals surface area contributed by atoms with E-state index in [1.807, 2.05) is 0 Å². The zero-order valence-corrected chi connectivity index (χ0v) is 8.18. The maximum absolute atomic E-state index is 7.18. The van der Waals surface area contributed by atoms with Crippen molar-refractivity contribution in [3.63, 3.8) is 0 Å². The van der Waals surface area contributed by atoms with Crippen molar-refractivity contribution < 1.29 is 0 Å². The summed E-state index contributed by atoms with van der Waals surface area (Å²) in [4.78, 5) is 2.48. The van der Waals surface area contributed by atoms with Crippen LogP contribution in [0.5, 0.6) is 0 Å². The van der Waals surface area contributed by atoms with Crippen molar-refractivity contribution in [1.29, 1.82) is 5.41 Å². The quantitative estimate of drug-likeness (QED) is 0.507. The lowest BCUT2D eigenvalue weighted by Gasteiger charge is -2.32. The number of rotatable bonds is 3.